The Balaban J connectivity index is 1.89. The monoisotopic (exact) mass is 295 g/mol. The number of hydrogen-bond acceptors (Lipinski definition) is 6. The Labute approximate surface area is 126 Å². The van der Waals surface area contributed by atoms with Crippen LogP contribution in [-0.2, 0) is 6.54 Å². The number of anilines is 2. The lowest BCUT2D eigenvalue weighted by Gasteiger charge is -2.07. The Bertz CT molecular complexity index is 836. The zero-order valence-corrected chi connectivity index (χ0v) is 11.6. The molecule has 7 heteroatoms. The average Bonchev–Trinajstić information content (AvgIpc) is 2.53. The van der Waals surface area contributed by atoms with E-state index in [4.69, 9.17) is 5.73 Å². The fourth-order valence-corrected chi connectivity index (χ4v) is 2.11. The van der Waals surface area contributed by atoms with E-state index in [1.165, 1.54) is 12.1 Å². The van der Waals surface area contributed by atoms with Crippen LogP contribution in [0.3, 0.4) is 0 Å². The summed E-state index contributed by atoms with van der Waals surface area (Å²) in [5.41, 5.74) is 7.50. The Morgan fingerprint density at radius 2 is 1.91 bits per heavy atom. The number of nitro groups is 1. The van der Waals surface area contributed by atoms with E-state index in [1.807, 2.05) is 30.3 Å². The highest BCUT2D eigenvalue weighted by atomic mass is 16.6. The third-order valence-corrected chi connectivity index (χ3v) is 3.21. The zero-order valence-electron chi connectivity index (χ0n) is 11.6. The van der Waals surface area contributed by atoms with E-state index in [-0.39, 0.29) is 11.5 Å². The molecule has 0 bridgehead atoms. The van der Waals surface area contributed by atoms with E-state index in [2.05, 4.69) is 15.3 Å². The lowest BCUT2D eigenvalue weighted by molar-refractivity contribution is -0.384. The van der Waals surface area contributed by atoms with E-state index < -0.39 is 4.92 Å². The number of fused-ring (bicyclic) bond motifs is 1. The molecule has 0 atom stereocenters. The molecule has 0 aliphatic rings. The maximum atomic E-state index is 10.8. The minimum Gasteiger partial charge on any atom is -0.383 e. The Morgan fingerprint density at radius 3 is 2.64 bits per heavy atom. The minimum absolute atomic E-state index is 0.0344. The first-order chi connectivity index (χ1) is 10.6. The molecule has 0 saturated heterocycles. The van der Waals surface area contributed by atoms with Gasteiger partial charge in [0.25, 0.3) is 5.69 Å². The number of benzene rings is 2. The molecule has 3 rings (SSSR count). The number of nitrogens with zero attached hydrogens (tertiary/aromatic N) is 3. The van der Waals surface area contributed by atoms with Crippen molar-refractivity contribution in [1.82, 2.24) is 9.97 Å². The third kappa shape index (κ3) is 2.78. The fourth-order valence-electron chi connectivity index (χ4n) is 2.11. The van der Waals surface area contributed by atoms with Crippen molar-refractivity contribution in [2.24, 2.45) is 0 Å². The van der Waals surface area contributed by atoms with Gasteiger partial charge >= 0.3 is 0 Å². The lowest BCUT2D eigenvalue weighted by atomic mass is 10.2. The van der Waals surface area contributed by atoms with Crippen molar-refractivity contribution in [2.45, 2.75) is 6.54 Å². The van der Waals surface area contributed by atoms with Crippen LogP contribution in [0.4, 0.5) is 17.5 Å². The highest BCUT2D eigenvalue weighted by Gasteiger charge is 2.11. The fraction of sp³-hybridized carbons (Fsp3) is 0.0667. The molecule has 0 unspecified atom stereocenters. The first-order valence-electron chi connectivity index (χ1n) is 6.63. The van der Waals surface area contributed by atoms with Crippen LogP contribution in [0.1, 0.15) is 5.56 Å². The van der Waals surface area contributed by atoms with Gasteiger partial charge in [-0.2, -0.15) is 4.98 Å². The van der Waals surface area contributed by atoms with Gasteiger partial charge < -0.3 is 11.1 Å². The van der Waals surface area contributed by atoms with Crippen molar-refractivity contribution in [3.05, 3.63) is 64.2 Å². The molecule has 0 radical (unpaired) electrons. The SMILES string of the molecule is Nc1nc(NCc2ccccc2)nc2ccc([N+](=O)[O-])cc12. The van der Waals surface area contributed by atoms with Crippen molar-refractivity contribution in [2.75, 3.05) is 11.1 Å². The van der Waals surface area contributed by atoms with Gasteiger partial charge in [-0.1, -0.05) is 30.3 Å². The number of nitrogens with one attached hydrogen (secondary N) is 1. The predicted molar refractivity (Wildman–Crippen MR) is 84.4 cm³/mol. The van der Waals surface area contributed by atoms with Crippen LogP contribution < -0.4 is 11.1 Å². The first kappa shape index (κ1) is 13.7. The minimum atomic E-state index is -0.472. The second-order valence-corrected chi connectivity index (χ2v) is 4.73. The van der Waals surface area contributed by atoms with Crippen LogP contribution in [0.5, 0.6) is 0 Å². The maximum Gasteiger partial charge on any atom is 0.270 e. The van der Waals surface area contributed by atoms with Gasteiger partial charge in [-0.05, 0) is 11.6 Å². The van der Waals surface area contributed by atoms with Crippen LogP contribution >= 0.6 is 0 Å². The lowest BCUT2D eigenvalue weighted by Crippen LogP contribution is -2.06. The molecule has 2 aromatic carbocycles. The number of rotatable bonds is 4. The van der Waals surface area contributed by atoms with Crippen molar-refractivity contribution in [3.63, 3.8) is 0 Å². The Hall–Kier alpha value is -3.22. The molecule has 0 fully saturated rings. The molecular formula is C15H13N5O2. The molecule has 7 nitrogen and oxygen atoms in total. The second kappa shape index (κ2) is 5.65. The summed E-state index contributed by atoms with van der Waals surface area (Å²) < 4.78 is 0. The molecule has 0 aliphatic heterocycles. The van der Waals surface area contributed by atoms with Gasteiger partial charge in [0.05, 0.1) is 10.4 Å². The number of hydrogen-bond donors (Lipinski definition) is 2. The largest absolute Gasteiger partial charge is 0.383 e. The summed E-state index contributed by atoms with van der Waals surface area (Å²) in [7, 11) is 0. The number of nitro benzene ring substituents is 1. The van der Waals surface area contributed by atoms with Gasteiger partial charge in [0.2, 0.25) is 5.95 Å². The average molecular weight is 295 g/mol. The van der Waals surface area contributed by atoms with Gasteiger partial charge in [0.15, 0.2) is 0 Å². The van der Waals surface area contributed by atoms with Crippen LogP contribution in [0.2, 0.25) is 0 Å². The molecular weight excluding hydrogens is 282 g/mol. The summed E-state index contributed by atoms with van der Waals surface area (Å²) in [6, 6.07) is 14.2. The van der Waals surface area contributed by atoms with Gasteiger partial charge in [-0.3, -0.25) is 10.1 Å². The Kier molecular flexibility index (Phi) is 3.53. The summed E-state index contributed by atoms with van der Waals surface area (Å²) in [6.45, 7) is 0.568. The highest BCUT2D eigenvalue weighted by Crippen LogP contribution is 2.24. The molecule has 0 aliphatic carbocycles. The second-order valence-electron chi connectivity index (χ2n) is 4.73. The summed E-state index contributed by atoms with van der Waals surface area (Å²) in [4.78, 5) is 18.8. The molecule has 3 aromatic rings. The van der Waals surface area contributed by atoms with Crippen molar-refractivity contribution < 1.29 is 4.92 Å². The molecule has 0 spiro atoms. The molecule has 3 N–H and O–H groups in total. The van der Waals surface area contributed by atoms with E-state index in [0.717, 1.165) is 5.56 Å². The standard InChI is InChI=1S/C15H13N5O2/c16-14-12-8-11(20(21)22)6-7-13(12)18-15(19-14)17-9-10-4-2-1-3-5-10/h1-8H,9H2,(H3,16,17,18,19). The topological polar surface area (TPSA) is 107 Å². The van der Waals surface area contributed by atoms with E-state index in [9.17, 15) is 10.1 Å². The van der Waals surface area contributed by atoms with Gasteiger partial charge in [0, 0.05) is 24.1 Å². The summed E-state index contributed by atoms with van der Waals surface area (Å²) in [5, 5.41) is 14.4. The van der Waals surface area contributed by atoms with Gasteiger partial charge in [-0.25, -0.2) is 4.98 Å². The molecule has 0 saturated carbocycles. The van der Waals surface area contributed by atoms with Crippen LogP contribution in [0, 0.1) is 10.1 Å². The van der Waals surface area contributed by atoms with E-state index >= 15 is 0 Å². The number of aromatic nitrogens is 2. The maximum absolute atomic E-state index is 10.8. The van der Waals surface area contributed by atoms with Gasteiger partial charge in [-0.15, -0.1) is 0 Å². The highest BCUT2D eigenvalue weighted by molar-refractivity contribution is 5.90. The quantitative estimate of drug-likeness (QED) is 0.566. The van der Waals surface area contributed by atoms with Crippen molar-refractivity contribution >= 4 is 28.4 Å². The molecule has 1 aromatic heterocycles. The van der Waals surface area contributed by atoms with Crippen LogP contribution in [0.25, 0.3) is 10.9 Å². The first-order valence-corrected chi connectivity index (χ1v) is 6.63. The van der Waals surface area contributed by atoms with E-state index in [0.29, 0.717) is 23.4 Å². The van der Waals surface area contributed by atoms with E-state index in [1.54, 1.807) is 6.07 Å². The van der Waals surface area contributed by atoms with Crippen molar-refractivity contribution in [3.8, 4) is 0 Å². The number of non-ortho nitro benzene ring substituents is 1. The molecule has 110 valence electrons. The molecule has 0 amide bonds. The Morgan fingerprint density at radius 1 is 1.14 bits per heavy atom. The van der Waals surface area contributed by atoms with Crippen LogP contribution in [0.15, 0.2) is 48.5 Å². The van der Waals surface area contributed by atoms with Crippen molar-refractivity contribution in [1.29, 1.82) is 0 Å². The molecule has 1 heterocycles. The molecule has 22 heavy (non-hydrogen) atoms. The van der Waals surface area contributed by atoms with Crippen LogP contribution in [-0.4, -0.2) is 14.9 Å². The number of nitrogen functional groups attached to an aromatic ring is 1. The summed E-state index contributed by atoms with van der Waals surface area (Å²) >= 11 is 0. The normalized spacial score (nSPS) is 10.5. The zero-order chi connectivity index (χ0) is 15.5. The van der Waals surface area contributed by atoms with Gasteiger partial charge in [0.1, 0.15) is 5.82 Å². The summed E-state index contributed by atoms with van der Waals surface area (Å²) in [6.07, 6.45) is 0. The summed E-state index contributed by atoms with van der Waals surface area (Å²) in [5.74, 6) is 0.604. The smallest absolute Gasteiger partial charge is 0.270 e. The predicted octanol–water partition coefficient (Wildman–Crippen LogP) is 2.73. The third-order valence-electron chi connectivity index (χ3n) is 3.21. The number of nitrogens with two attached hydrogens (primary N) is 1.